The minimum atomic E-state index is -1.01. The summed E-state index contributed by atoms with van der Waals surface area (Å²) in [6.45, 7) is 1.71. The summed E-state index contributed by atoms with van der Waals surface area (Å²) < 4.78 is 5.33. The predicted octanol–water partition coefficient (Wildman–Crippen LogP) is 3.50. The largest absolute Gasteiger partial charge is 0.463 e. The van der Waals surface area contributed by atoms with Crippen molar-refractivity contribution in [2.24, 2.45) is 5.10 Å². The molecule has 0 unspecified atom stereocenters. The van der Waals surface area contributed by atoms with Gasteiger partial charge in [0.25, 0.3) is 0 Å². The van der Waals surface area contributed by atoms with Gasteiger partial charge in [-0.25, -0.2) is 5.43 Å². The van der Waals surface area contributed by atoms with Crippen molar-refractivity contribution in [1.82, 2.24) is 5.43 Å². The Balaban J connectivity index is 1.70. The summed E-state index contributed by atoms with van der Waals surface area (Å²) in [5, 5.41) is 7.18. The van der Waals surface area contributed by atoms with Crippen LogP contribution >= 0.6 is 23.2 Å². The third-order valence-corrected chi connectivity index (χ3v) is 4.50. The summed E-state index contributed by atoms with van der Waals surface area (Å²) in [4.78, 5) is 36.2. The van der Waals surface area contributed by atoms with E-state index in [9.17, 15) is 14.4 Å². The van der Waals surface area contributed by atoms with Crippen molar-refractivity contribution in [3.63, 3.8) is 0 Å². The molecule has 0 aliphatic carbocycles. The SMILES string of the molecule is Cc1c(Cl)cccc1NC(=O)C(=O)NN=Cc1coc2ccc(Cl)cc2c1=O. The number of hydrazone groups is 1. The number of nitrogens with one attached hydrogen (secondary N) is 2. The lowest BCUT2D eigenvalue weighted by atomic mass is 10.2. The first-order valence-electron chi connectivity index (χ1n) is 7.97. The maximum absolute atomic E-state index is 12.4. The molecule has 0 spiro atoms. The normalized spacial score (nSPS) is 11.0. The molecule has 0 aliphatic heterocycles. The number of benzene rings is 2. The zero-order valence-electron chi connectivity index (χ0n) is 14.5. The standard InChI is InChI=1S/C19H13Cl2N3O4/c1-10-14(21)3-2-4-15(10)23-18(26)19(27)24-22-8-11-9-28-16-6-5-12(20)7-13(16)17(11)25/h2-9H,1H3,(H,23,26)(H,24,27). The van der Waals surface area contributed by atoms with Crippen LogP contribution < -0.4 is 16.2 Å². The molecule has 3 rings (SSSR count). The lowest BCUT2D eigenvalue weighted by Crippen LogP contribution is -2.32. The zero-order valence-corrected chi connectivity index (χ0v) is 16.0. The highest BCUT2D eigenvalue weighted by Gasteiger charge is 2.15. The Bertz CT molecular complexity index is 1170. The Morgan fingerprint density at radius 1 is 1.14 bits per heavy atom. The number of carbonyl (C=O) groups excluding carboxylic acids is 2. The summed E-state index contributed by atoms with van der Waals surface area (Å²) in [5.74, 6) is -1.94. The molecule has 2 N–H and O–H groups in total. The molecule has 142 valence electrons. The van der Waals surface area contributed by atoms with Crippen LogP contribution in [0, 0.1) is 6.92 Å². The first kappa shape index (κ1) is 19.6. The molecule has 0 aliphatic rings. The Morgan fingerprint density at radius 2 is 1.93 bits per heavy atom. The van der Waals surface area contributed by atoms with Crippen LogP contribution in [0.1, 0.15) is 11.1 Å². The molecule has 0 fully saturated rings. The number of halogens is 2. The van der Waals surface area contributed by atoms with Gasteiger partial charge in [0, 0.05) is 15.7 Å². The number of carbonyl (C=O) groups is 2. The molecule has 0 bridgehead atoms. The third kappa shape index (κ3) is 4.21. The van der Waals surface area contributed by atoms with Gasteiger partial charge in [-0.05, 0) is 42.8 Å². The summed E-state index contributed by atoms with van der Waals surface area (Å²) in [5.41, 5.74) is 3.16. The minimum absolute atomic E-state index is 0.0844. The molecule has 0 atom stereocenters. The van der Waals surface area contributed by atoms with Crippen LogP contribution in [0.3, 0.4) is 0 Å². The number of amides is 2. The van der Waals surface area contributed by atoms with Crippen LogP contribution in [0.5, 0.6) is 0 Å². The smallest absolute Gasteiger partial charge is 0.329 e. The van der Waals surface area contributed by atoms with Gasteiger partial charge < -0.3 is 9.73 Å². The Morgan fingerprint density at radius 3 is 2.71 bits per heavy atom. The second kappa shape index (κ2) is 8.24. The van der Waals surface area contributed by atoms with E-state index >= 15 is 0 Å². The van der Waals surface area contributed by atoms with Gasteiger partial charge in [-0.2, -0.15) is 5.10 Å². The second-order valence-corrected chi connectivity index (χ2v) is 6.57. The highest BCUT2D eigenvalue weighted by molar-refractivity contribution is 6.40. The monoisotopic (exact) mass is 417 g/mol. The highest BCUT2D eigenvalue weighted by Crippen LogP contribution is 2.22. The molecule has 28 heavy (non-hydrogen) atoms. The van der Waals surface area contributed by atoms with Crippen molar-refractivity contribution in [3.05, 3.63) is 74.1 Å². The van der Waals surface area contributed by atoms with Crippen molar-refractivity contribution < 1.29 is 14.0 Å². The summed E-state index contributed by atoms with van der Waals surface area (Å²) in [7, 11) is 0. The highest BCUT2D eigenvalue weighted by atomic mass is 35.5. The van der Waals surface area contributed by atoms with Crippen LogP contribution in [0.2, 0.25) is 10.0 Å². The molecule has 2 amide bonds. The van der Waals surface area contributed by atoms with Crippen molar-refractivity contribution in [2.75, 3.05) is 5.32 Å². The number of rotatable bonds is 3. The van der Waals surface area contributed by atoms with E-state index in [1.54, 1.807) is 37.3 Å². The lowest BCUT2D eigenvalue weighted by Gasteiger charge is -2.08. The number of anilines is 1. The van der Waals surface area contributed by atoms with Gasteiger partial charge in [-0.1, -0.05) is 29.3 Å². The average molecular weight is 418 g/mol. The van der Waals surface area contributed by atoms with Gasteiger partial charge in [0.05, 0.1) is 17.2 Å². The molecular formula is C19H13Cl2N3O4. The molecule has 3 aromatic rings. The maximum Gasteiger partial charge on any atom is 0.329 e. The number of hydrogen-bond acceptors (Lipinski definition) is 5. The van der Waals surface area contributed by atoms with Gasteiger partial charge in [0.1, 0.15) is 11.8 Å². The molecule has 7 nitrogen and oxygen atoms in total. The first-order valence-corrected chi connectivity index (χ1v) is 8.73. The molecule has 1 aromatic heterocycles. The van der Waals surface area contributed by atoms with E-state index in [-0.39, 0.29) is 16.4 Å². The van der Waals surface area contributed by atoms with Crippen molar-refractivity contribution in [1.29, 1.82) is 0 Å². The fourth-order valence-electron chi connectivity index (χ4n) is 2.34. The zero-order chi connectivity index (χ0) is 20.3. The third-order valence-electron chi connectivity index (χ3n) is 3.85. The number of fused-ring (bicyclic) bond motifs is 1. The van der Waals surface area contributed by atoms with Crippen molar-refractivity contribution >= 4 is 57.9 Å². The maximum atomic E-state index is 12.4. The van der Waals surface area contributed by atoms with Crippen LogP contribution in [0.4, 0.5) is 5.69 Å². The average Bonchev–Trinajstić information content (AvgIpc) is 2.67. The fourth-order valence-corrected chi connectivity index (χ4v) is 2.69. The van der Waals surface area contributed by atoms with E-state index < -0.39 is 11.8 Å². The Labute approximate surface area is 168 Å². The van der Waals surface area contributed by atoms with Gasteiger partial charge in [0.15, 0.2) is 0 Å². The van der Waals surface area contributed by atoms with Crippen LogP contribution in [0.25, 0.3) is 11.0 Å². The molecular weight excluding hydrogens is 405 g/mol. The van der Waals surface area contributed by atoms with Crippen LogP contribution in [0.15, 0.2) is 57.0 Å². The van der Waals surface area contributed by atoms with Gasteiger partial charge in [-0.15, -0.1) is 0 Å². The summed E-state index contributed by atoms with van der Waals surface area (Å²) in [6.07, 6.45) is 2.28. The van der Waals surface area contributed by atoms with Gasteiger partial charge in [0.2, 0.25) is 5.43 Å². The fraction of sp³-hybridized carbons (Fsp3) is 0.0526. The Hall–Kier alpha value is -3.16. The predicted molar refractivity (Wildman–Crippen MR) is 108 cm³/mol. The van der Waals surface area contributed by atoms with Gasteiger partial charge in [-0.3, -0.25) is 14.4 Å². The van der Waals surface area contributed by atoms with Crippen molar-refractivity contribution in [3.8, 4) is 0 Å². The van der Waals surface area contributed by atoms with E-state index in [2.05, 4.69) is 15.8 Å². The molecule has 0 saturated carbocycles. The van der Waals surface area contributed by atoms with E-state index in [0.717, 1.165) is 6.21 Å². The van der Waals surface area contributed by atoms with Gasteiger partial charge >= 0.3 is 11.8 Å². The quantitative estimate of drug-likeness (QED) is 0.386. The lowest BCUT2D eigenvalue weighted by molar-refractivity contribution is -0.136. The van der Waals surface area contributed by atoms with E-state index in [0.29, 0.717) is 26.9 Å². The minimum Gasteiger partial charge on any atom is -0.463 e. The molecule has 0 saturated heterocycles. The number of nitrogens with zero attached hydrogens (tertiary/aromatic N) is 1. The molecule has 2 aromatic carbocycles. The summed E-state index contributed by atoms with van der Waals surface area (Å²) in [6, 6.07) is 9.57. The van der Waals surface area contributed by atoms with E-state index in [1.807, 2.05) is 0 Å². The van der Waals surface area contributed by atoms with Crippen LogP contribution in [-0.2, 0) is 9.59 Å². The number of hydrogen-bond donors (Lipinski definition) is 2. The molecule has 1 heterocycles. The second-order valence-electron chi connectivity index (χ2n) is 5.73. The topological polar surface area (TPSA) is 101 Å². The van der Waals surface area contributed by atoms with Crippen LogP contribution in [-0.4, -0.2) is 18.0 Å². The molecule has 0 radical (unpaired) electrons. The van der Waals surface area contributed by atoms with E-state index in [4.69, 9.17) is 27.6 Å². The summed E-state index contributed by atoms with van der Waals surface area (Å²) >= 11 is 11.9. The Kier molecular flexibility index (Phi) is 5.77. The molecule has 9 heteroatoms. The van der Waals surface area contributed by atoms with Crippen molar-refractivity contribution in [2.45, 2.75) is 6.92 Å². The van der Waals surface area contributed by atoms with E-state index in [1.165, 1.54) is 12.3 Å². The first-order chi connectivity index (χ1) is 13.4.